The summed E-state index contributed by atoms with van der Waals surface area (Å²) in [5.41, 5.74) is 4.91. The fourth-order valence-corrected chi connectivity index (χ4v) is 3.22. The molecule has 0 N–H and O–H groups in total. The molecule has 0 spiro atoms. The summed E-state index contributed by atoms with van der Waals surface area (Å²) in [6.07, 6.45) is 3.63. The highest BCUT2D eigenvalue weighted by molar-refractivity contribution is 5.87. The molecule has 0 saturated carbocycles. The Balaban J connectivity index is 1.89. The normalized spacial score (nSPS) is 10.4. The molecule has 2 rings (SSSR count). The molecule has 0 atom stereocenters. The van der Waals surface area contributed by atoms with Crippen molar-refractivity contribution in [1.29, 1.82) is 0 Å². The summed E-state index contributed by atoms with van der Waals surface area (Å²) in [4.78, 5) is 22.8. The van der Waals surface area contributed by atoms with Gasteiger partial charge in [0.2, 0.25) is 0 Å². The number of carbonyl (C=O) groups excluding carboxylic acids is 2. The van der Waals surface area contributed by atoms with E-state index >= 15 is 0 Å². The van der Waals surface area contributed by atoms with E-state index in [0.717, 1.165) is 36.1 Å². The molecule has 0 aliphatic heterocycles. The average Bonchev–Trinajstić information content (AvgIpc) is 2.84. The van der Waals surface area contributed by atoms with Gasteiger partial charge in [0.05, 0.1) is 18.8 Å². The number of carbonyl (C=O) groups is 2. The van der Waals surface area contributed by atoms with Crippen LogP contribution in [0.25, 0.3) is 11.1 Å². The van der Waals surface area contributed by atoms with Gasteiger partial charge >= 0.3 is 11.9 Å². The predicted molar refractivity (Wildman–Crippen MR) is 128 cm³/mol. The SMILES string of the molecule is C=CC(=O)OCCCc1ccc(-c2ccc(OCCOC(=O)C(=C)COC)cc2CC)cc1. The van der Waals surface area contributed by atoms with Crippen LogP contribution in [0.5, 0.6) is 5.75 Å². The number of rotatable bonds is 14. The predicted octanol–water partition coefficient (Wildman–Crippen LogP) is 4.70. The molecule has 0 aliphatic rings. The minimum Gasteiger partial charge on any atom is -0.490 e. The van der Waals surface area contributed by atoms with E-state index in [9.17, 15) is 9.59 Å². The first-order chi connectivity index (χ1) is 16.0. The van der Waals surface area contributed by atoms with Gasteiger partial charge in [0.15, 0.2) is 0 Å². The van der Waals surface area contributed by atoms with Crippen molar-refractivity contribution in [3.8, 4) is 16.9 Å². The molecule has 0 bridgehead atoms. The lowest BCUT2D eigenvalue weighted by atomic mass is 9.96. The third-order valence-corrected chi connectivity index (χ3v) is 4.94. The summed E-state index contributed by atoms with van der Waals surface area (Å²) < 4.78 is 20.7. The zero-order valence-electron chi connectivity index (χ0n) is 19.4. The highest BCUT2D eigenvalue weighted by Crippen LogP contribution is 2.28. The number of hydrogen-bond donors (Lipinski definition) is 0. The molecule has 0 fully saturated rings. The number of esters is 2. The van der Waals surface area contributed by atoms with Gasteiger partial charge in [-0.05, 0) is 53.6 Å². The van der Waals surface area contributed by atoms with Crippen molar-refractivity contribution in [2.24, 2.45) is 0 Å². The van der Waals surface area contributed by atoms with E-state index in [1.165, 1.54) is 24.3 Å². The van der Waals surface area contributed by atoms with Crippen LogP contribution in [0.1, 0.15) is 24.5 Å². The third-order valence-electron chi connectivity index (χ3n) is 4.94. The first-order valence-corrected chi connectivity index (χ1v) is 11.0. The van der Waals surface area contributed by atoms with Crippen LogP contribution >= 0.6 is 0 Å². The van der Waals surface area contributed by atoms with Crippen molar-refractivity contribution in [1.82, 2.24) is 0 Å². The Morgan fingerprint density at radius 1 is 1.00 bits per heavy atom. The van der Waals surface area contributed by atoms with E-state index in [1.54, 1.807) is 0 Å². The molecule has 0 amide bonds. The molecule has 6 heteroatoms. The number of ether oxygens (including phenoxy) is 4. The molecule has 0 heterocycles. The molecule has 176 valence electrons. The Kier molecular flexibility index (Phi) is 10.9. The number of aryl methyl sites for hydroxylation is 2. The van der Waals surface area contributed by atoms with E-state index in [0.29, 0.717) is 6.61 Å². The van der Waals surface area contributed by atoms with Gasteiger partial charge in [-0.15, -0.1) is 0 Å². The first-order valence-electron chi connectivity index (χ1n) is 11.0. The second-order valence-corrected chi connectivity index (χ2v) is 7.37. The van der Waals surface area contributed by atoms with Crippen molar-refractivity contribution in [2.75, 3.05) is 33.5 Å². The van der Waals surface area contributed by atoms with E-state index in [1.807, 2.05) is 18.2 Å². The monoisotopic (exact) mass is 452 g/mol. The van der Waals surface area contributed by atoms with Crippen LogP contribution in [0.4, 0.5) is 0 Å². The highest BCUT2D eigenvalue weighted by Gasteiger charge is 2.09. The van der Waals surface area contributed by atoms with Crippen molar-refractivity contribution in [3.63, 3.8) is 0 Å². The maximum Gasteiger partial charge on any atom is 0.335 e. The van der Waals surface area contributed by atoms with Crippen LogP contribution in [0, 0.1) is 0 Å². The molecule has 0 saturated heterocycles. The molecule has 2 aromatic rings. The largest absolute Gasteiger partial charge is 0.490 e. The van der Waals surface area contributed by atoms with Crippen molar-refractivity contribution < 1.29 is 28.5 Å². The van der Waals surface area contributed by atoms with Crippen LogP contribution in [0.15, 0.2) is 67.3 Å². The molecule has 0 radical (unpaired) electrons. The Hall–Kier alpha value is -3.38. The first kappa shape index (κ1) is 25.9. The summed E-state index contributed by atoms with van der Waals surface area (Å²) in [6.45, 7) is 10.0. The van der Waals surface area contributed by atoms with E-state index in [4.69, 9.17) is 18.9 Å². The lowest BCUT2D eigenvalue weighted by Gasteiger charge is -2.13. The molecule has 33 heavy (non-hydrogen) atoms. The van der Waals surface area contributed by atoms with Gasteiger partial charge in [0.25, 0.3) is 0 Å². The van der Waals surface area contributed by atoms with Crippen LogP contribution in [-0.4, -0.2) is 45.5 Å². The number of benzene rings is 2. The third kappa shape index (κ3) is 8.58. The van der Waals surface area contributed by atoms with Gasteiger partial charge in [-0.25, -0.2) is 9.59 Å². The van der Waals surface area contributed by atoms with Crippen LogP contribution in [0.2, 0.25) is 0 Å². The van der Waals surface area contributed by atoms with Crippen LogP contribution < -0.4 is 4.74 Å². The summed E-state index contributed by atoms with van der Waals surface area (Å²) in [5.74, 6) is -0.141. The second-order valence-electron chi connectivity index (χ2n) is 7.37. The van der Waals surface area contributed by atoms with Gasteiger partial charge in [-0.1, -0.05) is 50.4 Å². The minimum atomic E-state index is -0.480. The smallest absolute Gasteiger partial charge is 0.335 e. The van der Waals surface area contributed by atoms with E-state index < -0.39 is 5.97 Å². The molecule has 6 nitrogen and oxygen atoms in total. The van der Waals surface area contributed by atoms with Gasteiger partial charge in [0, 0.05) is 13.2 Å². The lowest BCUT2D eigenvalue weighted by Crippen LogP contribution is -2.15. The number of hydrogen-bond acceptors (Lipinski definition) is 6. The van der Waals surface area contributed by atoms with Crippen LogP contribution in [0.3, 0.4) is 0 Å². The summed E-state index contributed by atoms with van der Waals surface area (Å²) in [7, 11) is 1.50. The number of methoxy groups -OCH3 is 1. The Morgan fingerprint density at radius 3 is 2.42 bits per heavy atom. The molecular weight excluding hydrogens is 420 g/mol. The van der Waals surface area contributed by atoms with Crippen molar-refractivity contribution in [2.45, 2.75) is 26.2 Å². The topological polar surface area (TPSA) is 71.1 Å². The summed E-state index contributed by atoms with van der Waals surface area (Å²) >= 11 is 0. The average molecular weight is 453 g/mol. The summed E-state index contributed by atoms with van der Waals surface area (Å²) in [6, 6.07) is 14.4. The van der Waals surface area contributed by atoms with Crippen molar-refractivity contribution >= 4 is 11.9 Å². The zero-order chi connectivity index (χ0) is 24.1. The molecular formula is C27H32O6. The second kappa shape index (κ2) is 13.9. The molecule has 2 aromatic carbocycles. The van der Waals surface area contributed by atoms with E-state index in [-0.39, 0.29) is 31.4 Å². The quantitative estimate of drug-likeness (QED) is 0.235. The lowest BCUT2D eigenvalue weighted by molar-refractivity contribution is -0.140. The Bertz CT molecular complexity index is 946. The van der Waals surface area contributed by atoms with Crippen LogP contribution in [-0.2, 0) is 36.6 Å². The maximum atomic E-state index is 11.7. The van der Waals surface area contributed by atoms with E-state index in [2.05, 4.69) is 44.3 Å². The summed E-state index contributed by atoms with van der Waals surface area (Å²) in [5, 5.41) is 0. The fourth-order valence-electron chi connectivity index (χ4n) is 3.22. The van der Waals surface area contributed by atoms with Gasteiger partial charge in [0.1, 0.15) is 19.0 Å². The minimum absolute atomic E-state index is 0.138. The molecule has 0 unspecified atom stereocenters. The Morgan fingerprint density at radius 2 is 1.76 bits per heavy atom. The van der Waals surface area contributed by atoms with Crippen molar-refractivity contribution in [3.05, 3.63) is 78.4 Å². The Labute approximate surface area is 195 Å². The standard InChI is InChI=1S/C27H32O6/c1-5-22-18-24(31-16-17-33-27(29)20(3)19-30-4)13-14-25(22)23-11-9-21(10-12-23)8-7-15-32-26(28)6-2/h6,9-14,18H,2-3,5,7-8,15-17,19H2,1,4H3. The zero-order valence-corrected chi connectivity index (χ0v) is 19.4. The molecule has 0 aromatic heterocycles. The van der Waals surface area contributed by atoms with Gasteiger partial charge < -0.3 is 18.9 Å². The maximum absolute atomic E-state index is 11.7. The fraction of sp³-hybridized carbons (Fsp3) is 0.333. The highest BCUT2D eigenvalue weighted by atomic mass is 16.6. The molecule has 0 aliphatic carbocycles. The van der Waals surface area contributed by atoms with Gasteiger partial charge in [-0.2, -0.15) is 0 Å². The van der Waals surface area contributed by atoms with Gasteiger partial charge in [-0.3, -0.25) is 0 Å².